The zero-order valence-corrected chi connectivity index (χ0v) is 16.5. The lowest BCUT2D eigenvalue weighted by Crippen LogP contribution is -2.33. The van der Waals surface area contributed by atoms with Gasteiger partial charge in [-0.2, -0.15) is 5.10 Å². The third-order valence-electron chi connectivity index (χ3n) is 5.81. The highest BCUT2D eigenvalue weighted by Crippen LogP contribution is 2.38. The molecule has 3 heterocycles. The van der Waals surface area contributed by atoms with Crippen LogP contribution in [-0.2, 0) is 11.2 Å². The van der Waals surface area contributed by atoms with E-state index in [2.05, 4.69) is 15.4 Å². The highest BCUT2D eigenvalue weighted by atomic mass is 35.5. The van der Waals surface area contributed by atoms with Crippen molar-refractivity contribution in [1.29, 1.82) is 0 Å². The van der Waals surface area contributed by atoms with Gasteiger partial charge in [0.15, 0.2) is 11.9 Å². The molecule has 2 aliphatic rings. The van der Waals surface area contributed by atoms with Crippen LogP contribution in [0.2, 0.25) is 5.15 Å². The van der Waals surface area contributed by atoms with E-state index in [1.54, 1.807) is 24.4 Å². The van der Waals surface area contributed by atoms with Crippen molar-refractivity contribution in [2.24, 2.45) is 0 Å². The Balaban J connectivity index is 1.51. The smallest absolute Gasteiger partial charge is 0.181 e. The predicted molar refractivity (Wildman–Crippen MR) is 107 cm³/mol. The molecule has 30 heavy (non-hydrogen) atoms. The molecule has 0 amide bonds. The van der Waals surface area contributed by atoms with Crippen LogP contribution in [0.1, 0.15) is 29.8 Å². The van der Waals surface area contributed by atoms with E-state index in [1.165, 1.54) is 10.7 Å². The van der Waals surface area contributed by atoms with Crippen LogP contribution in [0.3, 0.4) is 0 Å². The fourth-order valence-electron chi connectivity index (χ4n) is 4.29. The van der Waals surface area contributed by atoms with Gasteiger partial charge in [-0.05, 0) is 42.2 Å². The second kappa shape index (κ2) is 7.44. The summed E-state index contributed by atoms with van der Waals surface area (Å²) in [7, 11) is 0. The van der Waals surface area contributed by atoms with E-state index in [9.17, 15) is 19.7 Å². The maximum absolute atomic E-state index is 13.7. The lowest BCUT2D eigenvalue weighted by atomic mass is 10.1. The summed E-state index contributed by atoms with van der Waals surface area (Å²) in [4.78, 5) is 4.31. The van der Waals surface area contributed by atoms with Crippen molar-refractivity contribution in [1.82, 2.24) is 14.8 Å². The summed E-state index contributed by atoms with van der Waals surface area (Å²) >= 11 is 6.25. The van der Waals surface area contributed by atoms with Crippen LogP contribution in [0.15, 0.2) is 30.5 Å². The standard InChI is InChI=1S/C20H20ClFN4O4/c21-16-6-14(24-13-4-2-9-1-3-10(22)5-11(9)13)12-7-23-26(19(12)25-16)20-18(29)17(28)15(8-27)30-20/h1,3,5-7,13,15,17-18,20,27-29H,2,4,8H2,(H,24,25)/t13-,15-,17-,18-,20-/m1/s1. The van der Waals surface area contributed by atoms with Gasteiger partial charge in [0.05, 0.1) is 29.9 Å². The van der Waals surface area contributed by atoms with Gasteiger partial charge in [-0.15, -0.1) is 0 Å². The Morgan fingerprint density at radius 3 is 2.87 bits per heavy atom. The van der Waals surface area contributed by atoms with E-state index in [1.807, 2.05) is 0 Å². The Hall–Kier alpha value is -2.30. The number of aliphatic hydroxyl groups is 3. The number of aliphatic hydroxyl groups excluding tert-OH is 3. The monoisotopic (exact) mass is 434 g/mol. The average Bonchev–Trinajstić information content (AvgIpc) is 3.39. The van der Waals surface area contributed by atoms with Gasteiger partial charge in [-0.1, -0.05) is 17.7 Å². The Labute approximate surface area is 175 Å². The summed E-state index contributed by atoms with van der Waals surface area (Å²) < 4.78 is 20.7. The summed E-state index contributed by atoms with van der Waals surface area (Å²) in [5.41, 5.74) is 3.04. The zero-order valence-electron chi connectivity index (χ0n) is 15.7. The number of rotatable bonds is 4. The third kappa shape index (κ3) is 3.14. The molecule has 4 N–H and O–H groups in total. The van der Waals surface area contributed by atoms with E-state index < -0.39 is 31.1 Å². The molecule has 158 valence electrons. The Bertz CT molecular complexity index is 1110. The molecule has 10 heteroatoms. The van der Waals surface area contributed by atoms with Gasteiger partial charge in [0.2, 0.25) is 0 Å². The van der Waals surface area contributed by atoms with Crippen molar-refractivity contribution in [2.75, 3.05) is 11.9 Å². The molecule has 5 atom stereocenters. The minimum Gasteiger partial charge on any atom is -0.394 e. The van der Waals surface area contributed by atoms with Gasteiger partial charge in [0, 0.05) is 0 Å². The Kier molecular flexibility index (Phi) is 4.87. The summed E-state index contributed by atoms with van der Waals surface area (Å²) in [5.74, 6) is -0.280. The highest BCUT2D eigenvalue weighted by Gasteiger charge is 2.44. The molecular formula is C20H20ClFN4O4. The highest BCUT2D eigenvalue weighted by molar-refractivity contribution is 6.30. The lowest BCUT2D eigenvalue weighted by molar-refractivity contribution is -0.0566. The van der Waals surface area contributed by atoms with Crippen molar-refractivity contribution in [2.45, 2.75) is 43.4 Å². The number of nitrogens with zero attached hydrogens (tertiary/aromatic N) is 3. The van der Waals surface area contributed by atoms with E-state index >= 15 is 0 Å². The molecule has 3 aromatic rings. The molecule has 0 unspecified atom stereocenters. The quantitative estimate of drug-likeness (QED) is 0.464. The van der Waals surface area contributed by atoms with Crippen LogP contribution in [0.4, 0.5) is 10.1 Å². The summed E-state index contributed by atoms with van der Waals surface area (Å²) in [6, 6.07) is 6.40. The van der Waals surface area contributed by atoms with Crippen molar-refractivity contribution in [3.05, 3.63) is 52.6 Å². The SMILES string of the molecule is OC[C@H]1O[C@@H](n2ncc3c(N[C@@H]4CCc5ccc(F)cc54)cc(Cl)nc32)[C@H](O)[C@@H]1O. The summed E-state index contributed by atoms with van der Waals surface area (Å²) in [5, 5.41) is 38.3. The van der Waals surface area contributed by atoms with Gasteiger partial charge >= 0.3 is 0 Å². The van der Waals surface area contributed by atoms with Crippen LogP contribution >= 0.6 is 11.6 Å². The van der Waals surface area contributed by atoms with Gasteiger partial charge < -0.3 is 25.4 Å². The Morgan fingerprint density at radius 2 is 2.10 bits per heavy atom. The largest absolute Gasteiger partial charge is 0.394 e. The van der Waals surface area contributed by atoms with E-state index in [4.69, 9.17) is 16.3 Å². The molecule has 8 nitrogen and oxygen atoms in total. The maximum Gasteiger partial charge on any atom is 0.181 e. The van der Waals surface area contributed by atoms with Gasteiger partial charge in [0.25, 0.3) is 0 Å². The average molecular weight is 435 g/mol. The molecular weight excluding hydrogens is 415 g/mol. The second-order valence-electron chi connectivity index (χ2n) is 7.63. The number of anilines is 1. The first kappa shape index (κ1) is 19.7. The van der Waals surface area contributed by atoms with Crippen molar-refractivity contribution < 1.29 is 24.4 Å². The molecule has 0 radical (unpaired) electrons. The molecule has 0 saturated carbocycles. The fraction of sp³-hybridized carbons (Fsp3) is 0.400. The number of benzene rings is 1. The Morgan fingerprint density at radius 1 is 1.27 bits per heavy atom. The number of pyridine rings is 1. The topological polar surface area (TPSA) is 113 Å². The number of hydrogen-bond donors (Lipinski definition) is 4. The molecule has 1 saturated heterocycles. The van der Waals surface area contributed by atoms with Crippen LogP contribution < -0.4 is 5.32 Å². The van der Waals surface area contributed by atoms with Crippen molar-refractivity contribution >= 4 is 28.3 Å². The number of hydrogen-bond acceptors (Lipinski definition) is 7. The fourth-order valence-corrected chi connectivity index (χ4v) is 4.48. The van der Waals surface area contributed by atoms with Crippen molar-refractivity contribution in [3.63, 3.8) is 0 Å². The zero-order chi connectivity index (χ0) is 21.0. The first-order valence-electron chi connectivity index (χ1n) is 9.67. The van der Waals surface area contributed by atoms with Gasteiger partial charge in [-0.25, -0.2) is 14.1 Å². The molecule has 1 aliphatic heterocycles. The van der Waals surface area contributed by atoms with Crippen LogP contribution in [0.25, 0.3) is 11.0 Å². The van der Waals surface area contributed by atoms with Crippen LogP contribution in [-0.4, -0.2) is 55.0 Å². The normalized spacial score (nSPS) is 28.2. The second-order valence-corrected chi connectivity index (χ2v) is 8.01. The third-order valence-corrected chi connectivity index (χ3v) is 6.00. The lowest BCUT2D eigenvalue weighted by Gasteiger charge is -2.18. The first-order valence-corrected chi connectivity index (χ1v) is 10.0. The van der Waals surface area contributed by atoms with Crippen molar-refractivity contribution in [3.8, 4) is 0 Å². The minimum atomic E-state index is -1.29. The molecule has 1 aliphatic carbocycles. The molecule has 0 bridgehead atoms. The number of nitrogens with one attached hydrogen (secondary N) is 1. The maximum atomic E-state index is 13.7. The number of ether oxygens (including phenoxy) is 1. The number of fused-ring (bicyclic) bond motifs is 2. The molecule has 0 spiro atoms. The van der Waals surface area contributed by atoms with E-state index in [0.717, 1.165) is 24.0 Å². The molecule has 2 aromatic heterocycles. The predicted octanol–water partition coefficient (Wildman–Crippen LogP) is 1.93. The van der Waals surface area contributed by atoms with Gasteiger partial charge in [0.1, 0.15) is 29.3 Å². The molecule has 5 rings (SSSR count). The van der Waals surface area contributed by atoms with Crippen LogP contribution in [0, 0.1) is 5.82 Å². The number of aromatic nitrogens is 3. The summed E-state index contributed by atoms with van der Waals surface area (Å²) in [6.45, 7) is -0.438. The van der Waals surface area contributed by atoms with E-state index in [0.29, 0.717) is 16.7 Å². The number of halogens is 2. The molecule has 1 aromatic carbocycles. The summed E-state index contributed by atoms with van der Waals surface area (Å²) in [6.07, 6.45) is -1.26. The van der Waals surface area contributed by atoms with Crippen LogP contribution in [0.5, 0.6) is 0 Å². The first-order chi connectivity index (χ1) is 14.5. The minimum absolute atomic E-state index is 0.0883. The molecule has 1 fully saturated rings. The number of aryl methyl sites for hydroxylation is 1. The van der Waals surface area contributed by atoms with E-state index in [-0.39, 0.29) is 17.0 Å². The van der Waals surface area contributed by atoms with Gasteiger partial charge in [-0.3, -0.25) is 0 Å².